The Balaban J connectivity index is 1.35. The number of carbonyl (C=O) groups is 2. The zero-order chi connectivity index (χ0) is 21.3. The van der Waals surface area contributed by atoms with Crippen LogP contribution in [0, 0.1) is 10.1 Å². The van der Waals surface area contributed by atoms with Crippen LogP contribution in [0.15, 0.2) is 54.6 Å². The van der Waals surface area contributed by atoms with Gasteiger partial charge in [0, 0.05) is 44.9 Å². The Morgan fingerprint density at radius 3 is 2.30 bits per heavy atom. The molecule has 1 aliphatic rings. The Bertz CT molecular complexity index is 865. The maximum absolute atomic E-state index is 12.3. The molecular weight excluding hydrogens is 388 g/mol. The van der Waals surface area contributed by atoms with Gasteiger partial charge in [0.1, 0.15) is 5.75 Å². The molecule has 0 spiro atoms. The number of nitrogens with zero attached hydrogens (tertiary/aromatic N) is 3. The predicted molar refractivity (Wildman–Crippen MR) is 110 cm³/mol. The molecule has 0 atom stereocenters. The summed E-state index contributed by atoms with van der Waals surface area (Å²) in [6.07, 6.45) is 0. The van der Waals surface area contributed by atoms with Crippen molar-refractivity contribution in [1.82, 2.24) is 15.1 Å². The van der Waals surface area contributed by atoms with Crippen LogP contribution in [-0.4, -0.2) is 65.9 Å². The molecule has 1 N–H and O–H groups in total. The number of nitro benzene ring substituents is 1. The van der Waals surface area contributed by atoms with Crippen molar-refractivity contribution in [3.63, 3.8) is 0 Å². The number of carbonyl (C=O) groups excluding carboxylic acids is 2. The topological polar surface area (TPSA) is 105 Å². The largest absolute Gasteiger partial charge is 0.484 e. The second-order valence-electron chi connectivity index (χ2n) is 6.96. The van der Waals surface area contributed by atoms with Gasteiger partial charge in [0.05, 0.1) is 11.5 Å². The molecule has 0 radical (unpaired) electrons. The summed E-state index contributed by atoms with van der Waals surface area (Å²) in [6.45, 7) is 2.94. The number of ether oxygens (including phenoxy) is 1. The highest BCUT2D eigenvalue weighted by Gasteiger charge is 2.22. The van der Waals surface area contributed by atoms with E-state index in [4.69, 9.17) is 4.74 Å². The van der Waals surface area contributed by atoms with Crippen LogP contribution < -0.4 is 10.1 Å². The van der Waals surface area contributed by atoms with Gasteiger partial charge < -0.3 is 15.0 Å². The summed E-state index contributed by atoms with van der Waals surface area (Å²) in [6, 6.07) is 15.3. The molecule has 0 saturated carbocycles. The molecule has 9 heteroatoms. The summed E-state index contributed by atoms with van der Waals surface area (Å²) in [5.74, 6) is 0.212. The van der Waals surface area contributed by atoms with E-state index in [9.17, 15) is 19.7 Å². The molecule has 1 aliphatic heterocycles. The summed E-state index contributed by atoms with van der Waals surface area (Å²) in [4.78, 5) is 38.3. The predicted octanol–water partition coefficient (Wildman–Crippen LogP) is 1.43. The van der Waals surface area contributed by atoms with Gasteiger partial charge in [-0.3, -0.25) is 24.6 Å². The van der Waals surface area contributed by atoms with Gasteiger partial charge in [-0.05, 0) is 17.7 Å². The second kappa shape index (κ2) is 10.4. The molecule has 1 saturated heterocycles. The average molecular weight is 412 g/mol. The highest BCUT2D eigenvalue weighted by Crippen LogP contribution is 2.17. The summed E-state index contributed by atoms with van der Waals surface area (Å²) in [7, 11) is 0. The molecule has 0 aliphatic carbocycles. The van der Waals surface area contributed by atoms with Crippen LogP contribution in [-0.2, 0) is 16.1 Å². The third-order valence-corrected chi connectivity index (χ3v) is 4.83. The van der Waals surface area contributed by atoms with Crippen molar-refractivity contribution in [1.29, 1.82) is 0 Å². The lowest BCUT2D eigenvalue weighted by Gasteiger charge is -2.34. The SMILES string of the molecule is O=C(CN1CCN(C(=O)COc2ccc([N+](=O)[O-])cc2)CC1)NCc1ccccc1. The summed E-state index contributed by atoms with van der Waals surface area (Å²) in [5, 5.41) is 13.6. The van der Waals surface area contributed by atoms with Gasteiger partial charge in [-0.25, -0.2) is 0 Å². The highest BCUT2D eigenvalue weighted by molar-refractivity contribution is 5.79. The second-order valence-corrected chi connectivity index (χ2v) is 6.96. The van der Waals surface area contributed by atoms with Gasteiger partial charge in [-0.2, -0.15) is 0 Å². The number of rotatable bonds is 8. The van der Waals surface area contributed by atoms with E-state index in [1.54, 1.807) is 4.90 Å². The fourth-order valence-electron chi connectivity index (χ4n) is 3.11. The van der Waals surface area contributed by atoms with Gasteiger partial charge in [0.2, 0.25) is 5.91 Å². The van der Waals surface area contributed by atoms with Crippen molar-refractivity contribution in [3.05, 3.63) is 70.3 Å². The van der Waals surface area contributed by atoms with Gasteiger partial charge in [-0.15, -0.1) is 0 Å². The molecular formula is C21H24N4O5. The molecule has 0 aromatic heterocycles. The van der Waals surface area contributed by atoms with Crippen molar-refractivity contribution in [2.75, 3.05) is 39.3 Å². The maximum Gasteiger partial charge on any atom is 0.269 e. The number of benzene rings is 2. The van der Waals surface area contributed by atoms with E-state index in [1.165, 1.54) is 24.3 Å². The van der Waals surface area contributed by atoms with Crippen LogP contribution in [0.25, 0.3) is 0 Å². The Kier molecular flexibility index (Phi) is 7.34. The molecule has 0 bridgehead atoms. The summed E-state index contributed by atoms with van der Waals surface area (Å²) in [5.41, 5.74) is 1.02. The number of non-ortho nitro benzene ring substituents is 1. The average Bonchev–Trinajstić information content (AvgIpc) is 2.77. The Morgan fingerprint density at radius 1 is 1.00 bits per heavy atom. The van der Waals surface area contributed by atoms with E-state index >= 15 is 0 Å². The minimum Gasteiger partial charge on any atom is -0.484 e. The molecule has 158 valence electrons. The normalized spacial score (nSPS) is 14.2. The summed E-state index contributed by atoms with van der Waals surface area (Å²) < 4.78 is 5.43. The lowest BCUT2D eigenvalue weighted by atomic mass is 10.2. The van der Waals surface area contributed by atoms with E-state index in [1.807, 2.05) is 35.2 Å². The minimum atomic E-state index is -0.490. The zero-order valence-electron chi connectivity index (χ0n) is 16.5. The number of piperazine rings is 1. The standard InChI is InChI=1S/C21H24N4O5/c26-20(22-14-17-4-2-1-3-5-17)15-23-10-12-24(13-11-23)21(27)16-30-19-8-6-18(7-9-19)25(28)29/h1-9H,10-16H2,(H,22,26). The van der Waals surface area contributed by atoms with Crippen LogP contribution in [0.4, 0.5) is 5.69 Å². The third kappa shape index (κ3) is 6.28. The lowest BCUT2D eigenvalue weighted by Crippen LogP contribution is -2.52. The maximum atomic E-state index is 12.3. The van der Waals surface area contributed by atoms with Crippen molar-refractivity contribution in [2.24, 2.45) is 0 Å². The van der Waals surface area contributed by atoms with Crippen LogP contribution in [0.5, 0.6) is 5.75 Å². The van der Waals surface area contributed by atoms with Gasteiger partial charge in [0.25, 0.3) is 11.6 Å². The first-order chi connectivity index (χ1) is 14.5. The Labute approximate surface area is 174 Å². The van der Waals surface area contributed by atoms with Crippen LogP contribution in [0.2, 0.25) is 0 Å². The molecule has 2 aromatic carbocycles. The first-order valence-corrected chi connectivity index (χ1v) is 9.69. The zero-order valence-corrected chi connectivity index (χ0v) is 16.5. The number of hydrogen-bond acceptors (Lipinski definition) is 6. The quantitative estimate of drug-likeness (QED) is 0.520. The fraction of sp³-hybridized carbons (Fsp3) is 0.333. The van der Waals surface area contributed by atoms with Crippen molar-refractivity contribution < 1.29 is 19.2 Å². The van der Waals surface area contributed by atoms with Gasteiger partial charge in [-0.1, -0.05) is 30.3 Å². The monoisotopic (exact) mass is 412 g/mol. The first kappa shape index (κ1) is 21.3. The molecule has 3 rings (SSSR count). The Hall–Kier alpha value is -3.46. The van der Waals surface area contributed by atoms with E-state index in [2.05, 4.69) is 5.32 Å². The summed E-state index contributed by atoms with van der Waals surface area (Å²) >= 11 is 0. The number of hydrogen-bond donors (Lipinski definition) is 1. The smallest absolute Gasteiger partial charge is 0.269 e. The van der Waals surface area contributed by atoms with Gasteiger partial charge in [0.15, 0.2) is 6.61 Å². The Morgan fingerprint density at radius 2 is 1.67 bits per heavy atom. The van der Waals surface area contributed by atoms with Crippen molar-refractivity contribution in [2.45, 2.75) is 6.54 Å². The minimum absolute atomic E-state index is 0.0300. The van der Waals surface area contributed by atoms with E-state index in [0.29, 0.717) is 45.0 Å². The van der Waals surface area contributed by atoms with E-state index < -0.39 is 4.92 Å². The van der Waals surface area contributed by atoms with Crippen molar-refractivity contribution in [3.8, 4) is 5.75 Å². The van der Waals surface area contributed by atoms with E-state index in [-0.39, 0.29) is 24.1 Å². The molecule has 2 amide bonds. The van der Waals surface area contributed by atoms with Crippen molar-refractivity contribution >= 4 is 17.5 Å². The fourth-order valence-corrected chi connectivity index (χ4v) is 3.11. The third-order valence-electron chi connectivity index (χ3n) is 4.83. The molecule has 2 aromatic rings. The number of nitrogens with one attached hydrogen (secondary N) is 1. The number of amides is 2. The highest BCUT2D eigenvalue weighted by atomic mass is 16.6. The van der Waals surface area contributed by atoms with Crippen LogP contribution in [0.1, 0.15) is 5.56 Å². The van der Waals surface area contributed by atoms with E-state index in [0.717, 1.165) is 5.56 Å². The first-order valence-electron chi connectivity index (χ1n) is 9.69. The van der Waals surface area contributed by atoms with Crippen LogP contribution in [0.3, 0.4) is 0 Å². The molecule has 9 nitrogen and oxygen atoms in total. The van der Waals surface area contributed by atoms with Crippen LogP contribution >= 0.6 is 0 Å². The molecule has 1 fully saturated rings. The molecule has 0 unspecified atom stereocenters. The number of nitro groups is 1. The molecule has 1 heterocycles. The van der Waals surface area contributed by atoms with Gasteiger partial charge >= 0.3 is 0 Å². The lowest BCUT2D eigenvalue weighted by molar-refractivity contribution is -0.384. The molecule has 30 heavy (non-hydrogen) atoms.